The number of morpholine rings is 1. The number of carbonyl (C=O) groups is 1. The molecule has 0 spiro atoms. The smallest absolute Gasteiger partial charge is 0.319 e. The van der Waals surface area contributed by atoms with Crippen LogP contribution >= 0.6 is 0 Å². The van der Waals surface area contributed by atoms with Crippen LogP contribution in [0.5, 0.6) is 0 Å². The standard InChI is InChI=1S/C29H37N5O4S/c1-2-24(20-5-6-20)39(36,37)29(13-3-4-14-29)25-19-26(34-15-17-38-18-16-34)33-27(32-25)21-7-9-22(10-8-21)30-28(35)31-23-11-12-23/h2,7-10,19-20,23-24H,1,3-6,11-18H2,(H2,30,31,35). The predicted molar refractivity (Wildman–Crippen MR) is 151 cm³/mol. The molecule has 208 valence electrons. The number of nitrogens with zero attached hydrogens (tertiary/aromatic N) is 3. The summed E-state index contributed by atoms with van der Waals surface area (Å²) in [6, 6.07) is 9.38. The van der Waals surface area contributed by atoms with Crippen LogP contribution in [0.4, 0.5) is 16.3 Å². The van der Waals surface area contributed by atoms with Gasteiger partial charge in [0, 0.05) is 36.4 Å². The highest BCUT2D eigenvalue weighted by atomic mass is 32.2. The normalized spacial score (nSPS) is 21.8. The van der Waals surface area contributed by atoms with Gasteiger partial charge in [-0.3, -0.25) is 0 Å². The molecule has 39 heavy (non-hydrogen) atoms. The zero-order valence-corrected chi connectivity index (χ0v) is 23.1. The van der Waals surface area contributed by atoms with Crippen molar-refractivity contribution in [1.82, 2.24) is 15.3 Å². The van der Waals surface area contributed by atoms with Gasteiger partial charge in [0.15, 0.2) is 15.7 Å². The summed E-state index contributed by atoms with van der Waals surface area (Å²) in [6.07, 6.45) is 8.37. The molecule has 6 rings (SSSR count). The SMILES string of the molecule is C=CC(C1CC1)S(=O)(=O)C1(c2cc(N3CCOCC3)nc(-c3ccc(NC(=O)NC4CC4)cc3)n2)CCCC1. The van der Waals surface area contributed by atoms with Crippen molar-refractivity contribution in [3.8, 4) is 11.4 Å². The van der Waals surface area contributed by atoms with Crippen molar-refractivity contribution in [2.45, 2.75) is 67.4 Å². The van der Waals surface area contributed by atoms with Crippen LogP contribution in [-0.2, 0) is 19.3 Å². The Bertz CT molecular complexity index is 1330. The van der Waals surface area contributed by atoms with Gasteiger partial charge in [-0.05, 0) is 68.7 Å². The lowest BCUT2D eigenvalue weighted by Gasteiger charge is -2.34. The van der Waals surface area contributed by atoms with E-state index in [1.807, 2.05) is 30.3 Å². The van der Waals surface area contributed by atoms with Crippen LogP contribution in [-0.4, -0.2) is 62.0 Å². The van der Waals surface area contributed by atoms with Crippen molar-refractivity contribution < 1.29 is 17.9 Å². The molecule has 0 bridgehead atoms. The van der Waals surface area contributed by atoms with Gasteiger partial charge in [-0.2, -0.15) is 0 Å². The van der Waals surface area contributed by atoms with Crippen molar-refractivity contribution in [3.05, 3.63) is 48.7 Å². The molecule has 4 aliphatic rings. The molecule has 3 aliphatic carbocycles. The van der Waals surface area contributed by atoms with Crippen LogP contribution in [0, 0.1) is 5.92 Å². The Kier molecular flexibility index (Phi) is 7.09. The highest BCUT2D eigenvalue weighted by molar-refractivity contribution is 7.93. The van der Waals surface area contributed by atoms with Gasteiger partial charge in [-0.15, -0.1) is 6.58 Å². The van der Waals surface area contributed by atoms with Crippen LogP contribution in [0.1, 0.15) is 57.1 Å². The van der Waals surface area contributed by atoms with Gasteiger partial charge in [0.2, 0.25) is 0 Å². The Hall–Kier alpha value is -2.98. The molecule has 2 heterocycles. The molecular weight excluding hydrogens is 514 g/mol. The lowest BCUT2D eigenvalue weighted by Crippen LogP contribution is -2.42. The second-order valence-corrected chi connectivity index (χ2v) is 13.7. The number of carbonyl (C=O) groups excluding carboxylic acids is 1. The molecule has 2 aromatic rings. The fourth-order valence-corrected chi connectivity index (χ4v) is 8.73. The average Bonchev–Trinajstić information content (AvgIpc) is 3.89. The third kappa shape index (κ3) is 5.28. The number of hydrogen-bond donors (Lipinski definition) is 2. The van der Waals surface area contributed by atoms with E-state index in [1.165, 1.54) is 0 Å². The Morgan fingerprint density at radius 1 is 1.08 bits per heavy atom. The Labute approximate surface area is 230 Å². The Morgan fingerprint density at radius 3 is 2.38 bits per heavy atom. The third-order valence-corrected chi connectivity index (χ3v) is 11.5. The molecule has 0 radical (unpaired) electrons. The number of hydrogen-bond acceptors (Lipinski definition) is 7. The minimum atomic E-state index is -3.58. The van der Waals surface area contributed by atoms with Crippen molar-refractivity contribution in [3.63, 3.8) is 0 Å². The molecule has 10 heteroatoms. The summed E-state index contributed by atoms with van der Waals surface area (Å²) in [5.41, 5.74) is 2.03. The summed E-state index contributed by atoms with van der Waals surface area (Å²) in [5, 5.41) is 5.24. The second-order valence-electron chi connectivity index (χ2n) is 11.3. The molecule has 2 amide bonds. The summed E-state index contributed by atoms with van der Waals surface area (Å²) in [7, 11) is -3.58. The highest BCUT2D eigenvalue weighted by Gasteiger charge is 2.54. The van der Waals surface area contributed by atoms with Crippen molar-refractivity contribution in [1.29, 1.82) is 0 Å². The molecule has 1 unspecified atom stereocenters. The summed E-state index contributed by atoms with van der Waals surface area (Å²) < 4.78 is 33.2. The van der Waals surface area contributed by atoms with Crippen molar-refractivity contribution >= 4 is 27.4 Å². The molecule has 1 saturated heterocycles. The third-order valence-electron chi connectivity index (χ3n) is 8.46. The van der Waals surface area contributed by atoms with Crippen molar-refractivity contribution in [2.24, 2.45) is 5.92 Å². The van der Waals surface area contributed by atoms with E-state index in [1.54, 1.807) is 6.08 Å². The van der Waals surface area contributed by atoms with Crippen LogP contribution in [0.3, 0.4) is 0 Å². The number of amides is 2. The van der Waals surface area contributed by atoms with E-state index < -0.39 is 19.8 Å². The van der Waals surface area contributed by atoms with E-state index >= 15 is 0 Å². The lowest BCUT2D eigenvalue weighted by molar-refractivity contribution is 0.122. The quantitative estimate of drug-likeness (QED) is 0.444. The van der Waals surface area contributed by atoms with Crippen LogP contribution < -0.4 is 15.5 Å². The van der Waals surface area contributed by atoms with E-state index in [9.17, 15) is 13.2 Å². The van der Waals surface area contributed by atoms with E-state index in [4.69, 9.17) is 14.7 Å². The summed E-state index contributed by atoms with van der Waals surface area (Å²) >= 11 is 0. The van der Waals surface area contributed by atoms with E-state index in [0.717, 1.165) is 49.9 Å². The first-order valence-electron chi connectivity index (χ1n) is 14.2. The van der Waals surface area contributed by atoms with Gasteiger partial charge < -0.3 is 20.3 Å². The monoisotopic (exact) mass is 551 g/mol. The maximum absolute atomic E-state index is 14.3. The predicted octanol–water partition coefficient (Wildman–Crippen LogP) is 4.41. The van der Waals surface area contributed by atoms with E-state index in [0.29, 0.717) is 56.4 Å². The number of anilines is 2. The van der Waals surface area contributed by atoms with Crippen LogP contribution in [0.25, 0.3) is 11.4 Å². The topological polar surface area (TPSA) is 114 Å². The number of ether oxygens (including phenoxy) is 1. The van der Waals surface area contributed by atoms with Gasteiger partial charge in [-0.25, -0.2) is 23.2 Å². The number of nitrogens with one attached hydrogen (secondary N) is 2. The first-order chi connectivity index (χ1) is 18.9. The molecule has 1 aromatic carbocycles. The van der Waals surface area contributed by atoms with Gasteiger partial charge in [-0.1, -0.05) is 18.9 Å². The van der Waals surface area contributed by atoms with E-state index in [2.05, 4.69) is 22.1 Å². The fraction of sp³-hybridized carbons (Fsp3) is 0.552. The number of aromatic nitrogens is 2. The zero-order chi connectivity index (χ0) is 27.0. The highest BCUT2D eigenvalue weighted by Crippen LogP contribution is 2.51. The summed E-state index contributed by atoms with van der Waals surface area (Å²) in [4.78, 5) is 24.2. The number of benzene rings is 1. The number of rotatable bonds is 9. The van der Waals surface area contributed by atoms with E-state index in [-0.39, 0.29) is 18.0 Å². The minimum Gasteiger partial charge on any atom is -0.378 e. The molecule has 3 saturated carbocycles. The number of urea groups is 1. The van der Waals surface area contributed by atoms with Crippen molar-refractivity contribution in [2.75, 3.05) is 36.5 Å². The van der Waals surface area contributed by atoms with Gasteiger partial charge in [0.25, 0.3) is 0 Å². The Balaban J connectivity index is 1.38. The molecular formula is C29H37N5O4S. The van der Waals surface area contributed by atoms with Crippen LogP contribution in [0.2, 0.25) is 0 Å². The largest absolute Gasteiger partial charge is 0.378 e. The molecule has 4 fully saturated rings. The molecule has 9 nitrogen and oxygen atoms in total. The van der Waals surface area contributed by atoms with Gasteiger partial charge >= 0.3 is 6.03 Å². The average molecular weight is 552 g/mol. The molecule has 1 atom stereocenters. The number of sulfone groups is 1. The van der Waals surface area contributed by atoms with Gasteiger partial charge in [0.1, 0.15) is 10.6 Å². The Morgan fingerprint density at radius 2 is 1.77 bits per heavy atom. The first-order valence-corrected chi connectivity index (χ1v) is 15.7. The second kappa shape index (κ2) is 10.5. The molecule has 1 aromatic heterocycles. The summed E-state index contributed by atoms with van der Waals surface area (Å²) in [5.74, 6) is 1.38. The lowest BCUT2D eigenvalue weighted by atomic mass is 10.0. The molecule has 2 N–H and O–H groups in total. The van der Waals surface area contributed by atoms with Gasteiger partial charge in [0.05, 0.1) is 24.2 Å². The fourth-order valence-electron chi connectivity index (χ4n) is 5.92. The molecule has 1 aliphatic heterocycles. The first kappa shape index (κ1) is 26.3. The minimum absolute atomic E-state index is 0.155. The maximum atomic E-state index is 14.3. The zero-order valence-electron chi connectivity index (χ0n) is 22.3. The summed E-state index contributed by atoms with van der Waals surface area (Å²) in [6.45, 7) is 6.49. The maximum Gasteiger partial charge on any atom is 0.319 e. The van der Waals surface area contributed by atoms with Crippen LogP contribution in [0.15, 0.2) is 43.0 Å².